The molecule has 3 nitrogen and oxygen atoms in total. The zero-order chi connectivity index (χ0) is 12.3. The van der Waals surface area contributed by atoms with Crippen LogP contribution in [0.3, 0.4) is 0 Å². The van der Waals surface area contributed by atoms with Crippen LogP contribution in [0.5, 0.6) is 0 Å². The summed E-state index contributed by atoms with van der Waals surface area (Å²) in [5, 5.41) is 8.98. The third-order valence-corrected chi connectivity index (χ3v) is 2.47. The van der Waals surface area contributed by atoms with Gasteiger partial charge >= 0.3 is 0 Å². The third-order valence-electron chi connectivity index (χ3n) is 2.47. The fraction of sp³-hybridized carbons (Fsp3) is 0.0769. The van der Waals surface area contributed by atoms with Gasteiger partial charge in [0, 0.05) is 13.2 Å². The minimum atomic E-state index is -0.412. The zero-order valence-corrected chi connectivity index (χ0v) is 9.26. The van der Waals surface area contributed by atoms with Crippen molar-refractivity contribution in [2.24, 2.45) is 0 Å². The minimum absolute atomic E-state index is 0.302. The lowest BCUT2D eigenvalue weighted by Gasteiger charge is -2.20. The number of hydrogen-bond donors (Lipinski definition) is 0. The van der Waals surface area contributed by atoms with Crippen LogP contribution in [0.2, 0.25) is 0 Å². The summed E-state index contributed by atoms with van der Waals surface area (Å²) in [4.78, 5) is 5.80. The van der Waals surface area contributed by atoms with Gasteiger partial charge in [0.2, 0.25) is 0 Å². The number of anilines is 2. The first-order valence-corrected chi connectivity index (χ1v) is 5.06. The summed E-state index contributed by atoms with van der Waals surface area (Å²) >= 11 is 0. The first kappa shape index (κ1) is 11.1. The van der Waals surface area contributed by atoms with Crippen LogP contribution in [0.15, 0.2) is 42.7 Å². The normalized spacial score (nSPS) is 9.71. The Bertz CT molecular complexity index is 561. The van der Waals surface area contributed by atoms with Gasteiger partial charge in [0.1, 0.15) is 11.9 Å². The second-order valence-corrected chi connectivity index (χ2v) is 3.54. The molecular weight excluding hydrogens is 217 g/mol. The van der Waals surface area contributed by atoms with Gasteiger partial charge in [-0.2, -0.15) is 5.26 Å². The quantitative estimate of drug-likeness (QED) is 0.792. The van der Waals surface area contributed by atoms with Crippen molar-refractivity contribution in [2.75, 3.05) is 11.9 Å². The maximum atomic E-state index is 13.0. The maximum absolute atomic E-state index is 13.0. The van der Waals surface area contributed by atoms with Crippen molar-refractivity contribution in [3.05, 3.63) is 54.1 Å². The molecule has 0 aliphatic rings. The van der Waals surface area contributed by atoms with Crippen molar-refractivity contribution in [1.29, 1.82) is 5.26 Å². The number of benzene rings is 1. The van der Waals surface area contributed by atoms with E-state index in [1.807, 2.05) is 19.2 Å². The fourth-order valence-electron chi connectivity index (χ4n) is 1.58. The van der Waals surface area contributed by atoms with Crippen LogP contribution in [-0.2, 0) is 0 Å². The Balaban J connectivity index is 2.45. The van der Waals surface area contributed by atoms with E-state index in [1.165, 1.54) is 12.1 Å². The van der Waals surface area contributed by atoms with Gasteiger partial charge in [0.15, 0.2) is 0 Å². The summed E-state index contributed by atoms with van der Waals surface area (Å²) in [5.74, 6) is -0.412. The lowest BCUT2D eigenvalue weighted by Crippen LogP contribution is -2.11. The first-order valence-electron chi connectivity index (χ1n) is 5.06. The molecule has 2 aromatic rings. The van der Waals surface area contributed by atoms with E-state index >= 15 is 0 Å². The van der Waals surface area contributed by atoms with Crippen LogP contribution in [0.4, 0.5) is 15.8 Å². The number of halogens is 1. The zero-order valence-electron chi connectivity index (χ0n) is 9.26. The molecule has 0 saturated carbocycles. The largest absolute Gasteiger partial charge is 0.342 e. The number of rotatable bonds is 2. The standard InChI is InChI=1S/C13H10FN3/c1-17(12-3-2-6-16-9-12)13-5-4-11(14)7-10(13)8-15/h2-7,9H,1H3. The molecule has 1 heterocycles. The molecule has 4 heteroatoms. The van der Waals surface area contributed by atoms with Crippen LogP contribution >= 0.6 is 0 Å². The Morgan fingerprint density at radius 2 is 2.18 bits per heavy atom. The highest BCUT2D eigenvalue weighted by atomic mass is 19.1. The molecule has 0 amide bonds. The van der Waals surface area contributed by atoms with Crippen LogP contribution < -0.4 is 4.90 Å². The SMILES string of the molecule is CN(c1cccnc1)c1ccc(F)cc1C#N. The van der Waals surface area contributed by atoms with Gasteiger partial charge in [0.05, 0.1) is 23.1 Å². The van der Waals surface area contributed by atoms with E-state index in [0.717, 1.165) is 5.69 Å². The number of nitriles is 1. The molecule has 2 rings (SSSR count). The molecule has 0 spiro atoms. The molecule has 17 heavy (non-hydrogen) atoms. The molecule has 0 fully saturated rings. The molecule has 0 radical (unpaired) electrons. The number of aromatic nitrogens is 1. The lowest BCUT2D eigenvalue weighted by molar-refractivity contribution is 0.627. The third kappa shape index (κ3) is 2.23. The van der Waals surface area contributed by atoms with Gasteiger partial charge in [-0.15, -0.1) is 0 Å². The highest BCUT2D eigenvalue weighted by Crippen LogP contribution is 2.26. The van der Waals surface area contributed by atoms with E-state index in [9.17, 15) is 4.39 Å². The molecule has 0 unspecified atom stereocenters. The van der Waals surface area contributed by atoms with E-state index in [1.54, 1.807) is 29.4 Å². The van der Waals surface area contributed by atoms with Crippen LogP contribution in [0.25, 0.3) is 0 Å². The van der Waals surface area contributed by atoms with Gasteiger partial charge in [-0.25, -0.2) is 4.39 Å². The van der Waals surface area contributed by atoms with Gasteiger partial charge in [-0.1, -0.05) is 0 Å². The predicted octanol–water partition coefficient (Wildman–Crippen LogP) is 2.86. The Morgan fingerprint density at radius 1 is 1.35 bits per heavy atom. The molecule has 1 aromatic heterocycles. The Kier molecular flexibility index (Phi) is 3.01. The van der Waals surface area contributed by atoms with E-state index in [4.69, 9.17) is 5.26 Å². The van der Waals surface area contributed by atoms with E-state index in [-0.39, 0.29) is 0 Å². The maximum Gasteiger partial charge on any atom is 0.124 e. The molecule has 1 aromatic carbocycles. The van der Waals surface area contributed by atoms with Crippen LogP contribution in [-0.4, -0.2) is 12.0 Å². The predicted molar refractivity (Wildman–Crippen MR) is 63.4 cm³/mol. The van der Waals surface area contributed by atoms with Crippen LogP contribution in [0.1, 0.15) is 5.56 Å². The van der Waals surface area contributed by atoms with Gasteiger partial charge in [0.25, 0.3) is 0 Å². The summed E-state index contributed by atoms with van der Waals surface area (Å²) in [5.41, 5.74) is 1.80. The summed E-state index contributed by atoms with van der Waals surface area (Å²) in [7, 11) is 1.81. The number of nitrogens with zero attached hydrogens (tertiary/aromatic N) is 3. The van der Waals surface area contributed by atoms with Crippen molar-refractivity contribution in [1.82, 2.24) is 4.98 Å². The van der Waals surface area contributed by atoms with Crippen molar-refractivity contribution in [3.8, 4) is 6.07 Å². The summed E-state index contributed by atoms with van der Waals surface area (Å²) in [6, 6.07) is 9.81. The smallest absolute Gasteiger partial charge is 0.124 e. The molecule has 0 N–H and O–H groups in total. The average Bonchev–Trinajstić information content (AvgIpc) is 2.39. The van der Waals surface area contributed by atoms with E-state index in [2.05, 4.69) is 4.98 Å². The van der Waals surface area contributed by atoms with Gasteiger partial charge in [-0.05, 0) is 30.3 Å². The molecule has 0 aliphatic carbocycles. The summed E-state index contributed by atoms with van der Waals surface area (Å²) in [6.45, 7) is 0. The van der Waals surface area contributed by atoms with Crippen LogP contribution in [0, 0.1) is 17.1 Å². The monoisotopic (exact) mass is 227 g/mol. The molecule has 0 atom stereocenters. The average molecular weight is 227 g/mol. The Labute approximate surface area is 98.8 Å². The topological polar surface area (TPSA) is 39.9 Å². The Hall–Kier alpha value is -2.41. The Morgan fingerprint density at radius 3 is 2.82 bits per heavy atom. The van der Waals surface area contributed by atoms with Crippen molar-refractivity contribution < 1.29 is 4.39 Å². The highest BCUT2D eigenvalue weighted by Gasteiger charge is 2.09. The van der Waals surface area contributed by atoms with Crippen molar-refractivity contribution in [3.63, 3.8) is 0 Å². The number of pyridine rings is 1. The molecule has 0 saturated heterocycles. The minimum Gasteiger partial charge on any atom is -0.342 e. The van der Waals surface area contributed by atoms with Crippen molar-refractivity contribution >= 4 is 11.4 Å². The van der Waals surface area contributed by atoms with E-state index < -0.39 is 5.82 Å². The first-order chi connectivity index (χ1) is 8.22. The second kappa shape index (κ2) is 4.62. The molecule has 0 bridgehead atoms. The van der Waals surface area contributed by atoms with Gasteiger partial charge < -0.3 is 4.90 Å². The van der Waals surface area contributed by atoms with Crippen molar-refractivity contribution in [2.45, 2.75) is 0 Å². The molecule has 84 valence electrons. The highest BCUT2D eigenvalue weighted by molar-refractivity contribution is 5.68. The summed E-state index contributed by atoms with van der Waals surface area (Å²) in [6.07, 6.45) is 3.36. The molecule has 0 aliphatic heterocycles. The lowest BCUT2D eigenvalue weighted by atomic mass is 10.1. The fourth-order valence-corrected chi connectivity index (χ4v) is 1.58. The molecular formula is C13H10FN3. The van der Waals surface area contributed by atoms with E-state index in [0.29, 0.717) is 11.3 Å². The second-order valence-electron chi connectivity index (χ2n) is 3.54. The van der Waals surface area contributed by atoms with Gasteiger partial charge in [-0.3, -0.25) is 4.98 Å². The summed E-state index contributed by atoms with van der Waals surface area (Å²) < 4.78 is 13.0. The number of hydrogen-bond acceptors (Lipinski definition) is 3.